The summed E-state index contributed by atoms with van der Waals surface area (Å²) in [5.41, 5.74) is 2.35. The van der Waals surface area contributed by atoms with E-state index in [9.17, 15) is 9.18 Å². The maximum Gasteiger partial charge on any atom is 0.358 e. The van der Waals surface area contributed by atoms with Gasteiger partial charge in [0.15, 0.2) is 5.69 Å². The van der Waals surface area contributed by atoms with Crippen molar-refractivity contribution in [1.82, 2.24) is 9.97 Å². The molecule has 0 fully saturated rings. The second-order valence-electron chi connectivity index (χ2n) is 4.41. The number of halogens is 1. The Hall–Kier alpha value is -2.82. The van der Waals surface area contributed by atoms with Gasteiger partial charge in [0.05, 0.1) is 18.1 Å². The first-order chi connectivity index (χ1) is 10.2. The van der Waals surface area contributed by atoms with Crippen molar-refractivity contribution in [3.63, 3.8) is 0 Å². The van der Waals surface area contributed by atoms with Crippen LogP contribution in [0.4, 0.5) is 4.39 Å². The van der Waals surface area contributed by atoms with Gasteiger partial charge in [0, 0.05) is 5.56 Å². The van der Waals surface area contributed by atoms with Crippen LogP contribution in [0.2, 0.25) is 0 Å². The SMILES string of the molecule is COC(=O)c1nc2ccccc2nc1-c1ccc(F)cc1. The summed E-state index contributed by atoms with van der Waals surface area (Å²) in [7, 11) is 1.29. The minimum Gasteiger partial charge on any atom is -0.464 e. The van der Waals surface area contributed by atoms with Crippen LogP contribution in [0.3, 0.4) is 0 Å². The molecule has 21 heavy (non-hydrogen) atoms. The van der Waals surface area contributed by atoms with Gasteiger partial charge in [-0.15, -0.1) is 0 Å². The summed E-state index contributed by atoms with van der Waals surface area (Å²) in [5.74, 6) is -0.931. The Balaban J connectivity index is 2.27. The lowest BCUT2D eigenvalue weighted by Crippen LogP contribution is -2.08. The van der Waals surface area contributed by atoms with Crippen molar-refractivity contribution in [2.75, 3.05) is 7.11 Å². The van der Waals surface area contributed by atoms with Crippen LogP contribution in [0.15, 0.2) is 48.5 Å². The first-order valence-electron chi connectivity index (χ1n) is 6.30. The number of rotatable bonds is 2. The van der Waals surface area contributed by atoms with Gasteiger partial charge in [-0.25, -0.2) is 19.2 Å². The van der Waals surface area contributed by atoms with Crippen LogP contribution in [-0.2, 0) is 4.74 Å². The lowest BCUT2D eigenvalue weighted by molar-refractivity contribution is 0.0595. The van der Waals surface area contributed by atoms with Gasteiger partial charge >= 0.3 is 5.97 Å². The van der Waals surface area contributed by atoms with Crippen LogP contribution < -0.4 is 0 Å². The van der Waals surface area contributed by atoms with E-state index in [0.29, 0.717) is 22.3 Å². The van der Waals surface area contributed by atoms with E-state index < -0.39 is 5.97 Å². The zero-order chi connectivity index (χ0) is 14.8. The van der Waals surface area contributed by atoms with Crippen molar-refractivity contribution in [1.29, 1.82) is 0 Å². The molecule has 4 nitrogen and oxygen atoms in total. The molecule has 1 heterocycles. The molecule has 0 bridgehead atoms. The van der Waals surface area contributed by atoms with Gasteiger partial charge in [0.25, 0.3) is 0 Å². The number of nitrogens with zero attached hydrogens (tertiary/aromatic N) is 2. The van der Waals surface area contributed by atoms with Gasteiger partial charge in [-0.1, -0.05) is 12.1 Å². The Morgan fingerprint density at radius 3 is 2.24 bits per heavy atom. The van der Waals surface area contributed by atoms with Crippen molar-refractivity contribution in [2.24, 2.45) is 0 Å². The zero-order valence-corrected chi connectivity index (χ0v) is 11.2. The number of carbonyl (C=O) groups excluding carboxylic acids is 1. The monoisotopic (exact) mass is 282 g/mol. The number of esters is 1. The second kappa shape index (κ2) is 5.28. The number of carbonyl (C=O) groups is 1. The molecule has 0 saturated carbocycles. The molecule has 2 aromatic carbocycles. The maximum atomic E-state index is 13.1. The molecule has 0 unspecified atom stereocenters. The summed E-state index contributed by atoms with van der Waals surface area (Å²) in [4.78, 5) is 20.7. The minimum atomic E-state index is -0.576. The van der Waals surface area contributed by atoms with Crippen LogP contribution in [0.5, 0.6) is 0 Å². The van der Waals surface area contributed by atoms with E-state index in [2.05, 4.69) is 9.97 Å². The normalized spacial score (nSPS) is 10.6. The Kier molecular flexibility index (Phi) is 3.31. The van der Waals surface area contributed by atoms with Crippen LogP contribution in [0.1, 0.15) is 10.5 Å². The number of benzene rings is 2. The molecule has 3 rings (SSSR count). The molecule has 0 N–H and O–H groups in total. The number of fused-ring (bicyclic) bond motifs is 1. The third kappa shape index (κ3) is 2.45. The van der Waals surface area contributed by atoms with Gasteiger partial charge in [-0.3, -0.25) is 0 Å². The molecule has 5 heteroatoms. The van der Waals surface area contributed by atoms with E-state index in [-0.39, 0.29) is 11.5 Å². The van der Waals surface area contributed by atoms with Crippen LogP contribution in [0.25, 0.3) is 22.3 Å². The Morgan fingerprint density at radius 1 is 1.00 bits per heavy atom. The van der Waals surface area contributed by atoms with Crippen molar-refractivity contribution in [2.45, 2.75) is 0 Å². The maximum absolute atomic E-state index is 13.1. The first-order valence-corrected chi connectivity index (χ1v) is 6.30. The fourth-order valence-corrected chi connectivity index (χ4v) is 2.05. The molecule has 0 saturated heterocycles. The third-order valence-corrected chi connectivity index (χ3v) is 3.07. The molecular weight excluding hydrogens is 271 g/mol. The van der Waals surface area contributed by atoms with E-state index in [0.717, 1.165) is 0 Å². The van der Waals surface area contributed by atoms with Gasteiger partial charge < -0.3 is 4.74 Å². The molecule has 0 spiro atoms. The number of hydrogen-bond donors (Lipinski definition) is 0. The van der Waals surface area contributed by atoms with E-state index >= 15 is 0 Å². The summed E-state index contributed by atoms with van der Waals surface area (Å²) in [6.45, 7) is 0. The van der Waals surface area contributed by atoms with Crippen LogP contribution in [-0.4, -0.2) is 23.0 Å². The van der Waals surface area contributed by atoms with Gasteiger partial charge in [0.1, 0.15) is 11.5 Å². The quantitative estimate of drug-likeness (QED) is 0.677. The lowest BCUT2D eigenvalue weighted by atomic mass is 10.1. The number of aromatic nitrogens is 2. The number of methoxy groups -OCH3 is 1. The highest BCUT2D eigenvalue weighted by Crippen LogP contribution is 2.24. The van der Waals surface area contributed by atoms with Crippen LogP contribution >= 0.6 is 0 Å². The van der Waals surface area contributed by atoms with E-state index in [1.54, 1.807) is 24.3 Å². The molecule has 0 aliphatic carbocycles. The molecule has 0 aliphatic rings. The Bertz CT molecular complexity index is 816. The van der Waals surface area contributed by atoms with E-state index in [1.807, 2.05) is 12.1 Å². The van der Waals surface area contributed by atoms with Crippen LogP contribution in [0, 0.1) is 5.82 Å². The molecule has 0 amide bonds. The van der Waals surface area contributed by atoms with Crippen molar-refractivity contribution in [3.05, 3.63) is 60.0 Å². The highest BCUT2D eigenvalue weighted by atomic mass is 19.1. The molecule has 0 atom stereocenters. The molecule has 1 aromatic heterocycles. The Morgan fingerprint density at radius 2 is 1.62 bits per heavy atom. The molecule has 0 aliphatic heterocycles. The number of hydrogen-bond acceptors (Lipinski definition) is 4. The largest absolute Gasteiger partial charge is 0.464 e. The fourth-order valence-electron chi connectivity index (χ4n) is 2.05. The predicted octanol–water partition coefficient (Wildman–Crippen LogP) is 3.22. The average molecular weight is 282 g/mol. The smallest absolute Gasteiger partial charge is 0.358 e. The highest BCUT2D eigenvalue weighted by Gasteiger charge is 2.18. The average Bonchev–Trinajstić information content (AvgIpc) is 2.53. The first kappa shape index (κ1) is 13.2. The van der Waals surface area contributed by atoms with E-state index in [4.69, 9.17) is 4.74 Å². The third-order valence-electron chi connectivity index (χ3n) is 3.07. The van der Waals surface area contributed by atoms with Gasteiger partial charge in [-0.2, -0.15) is 0 Å². The second-order valence-corrected chi connectivity index (χ2v) is 4.41. The number of ether oxygens (including phenoxy) is 1. The zero-order valence-electron chi connectivity index (χ0n) is 11.2. The molecular formula is C16H11FN2O2. The topological polar surface area (TPSA) is 52.1 Å². The van der Waals surface area contributed by atoms with E-state index in [1.165, 1.54) is 19.2 Å². The summed E-state index contributed by atoms with van der Waals surface area (Å²) in [5, 5.41) is 0. The lowest BCUT2D eigenvalue weighted by Gasteiger charge is -2.08. The minimum absolute atomic E-state index is 0.114. The molecule has 0 radical (unpaired) electrons. The summed E-state index contributed by atoms with van der Waals surface area (Å²) in [6.07, 6.45) is 0. The standard InChI is InChI=1S/C16H11FN2O2/c1-21-16(20)15-14(10-6-8-11(17)9-7-10)18-12-4-2-3-5-13(12)19-15/h2-9H,1H3. The summed E-state index contributed by atoms with van der Waals surface area (Å²) < 4.78 is 17.8. The van der Waals surface area contributed by atoms with Crippen molar-refractivity contribution in [3.8, 4) is 11.3 Å². The molecule has 104 valence electrons. The Labute approximate surface area is 120 Å². The summed E-state index contributed by atoms with van der Waals surface area (Å²) in [6, 6.07) is 13.0. The summed E-state index contributed by atoms with van der Waals surface area (Å²) >= 11 is 0. The highest BCUT2D eigenvalue weighted by molar-refractivity contribution is 5.96. The van der Waals surface area contributed by atoms with Gasteiger partial charge in [0.2, 0.25) is 0 Å². The van der Waals surface area contributed by atoms with Gasteiger partial charge in [-0.05, 0) is 36.4 Å². The number of para-hydroxylation sites is 2. The molecule has 3 aromatic rings. The van der Waals surface area contributed by atoms with Crippen molar-refractivity contribution < 1.29 is 13.9 Å². The fraction of sp³-hybridized carbons (Fsp3) is 0.0625. The van der Waals surface area contributed by atoms with Crippen molar-refractivity contribution >= 4 is 17.0 Å². The predicted molar refractivity (Wildman–Crippen MR) is 76.3 cm³/mol.